The van der Waals surface area contributed by atoms with Crippen molar-refractivity contribution in [3.63, 3.8) is 0 Å². The molecule has 11 heteroatoms. The molecule has 1 aliphatic heterocycles. The minimum Gasteiger partial charge on any atom is -0.445 e. The predicted molar refractivity (Wildman–Crippen MR) is 113 cm³/mol. The maximum atomic E-state index is 12.5. The molecule has 2 heterocycles. The van der Waals surface area contributed by atoms with Crippen LogP contribution in [0.5, 0.6) is 0 Å². The van der Waals surface area contributed by atoms with Gasteiger partial charge in [-0.2, -0.15) is 0 Å². The zero-order valence-corrected chi connectivity index (χ0v) is 17.7. The molecule has 0 aliphatic carbocycles. The zero-order valence-electron chi connectivity index (χ0n) is 17.7. The van der Waals surface area contributed by atoms with Gasteiger partial charge in [-0.3, -0.25) is 19.1 Å². The first-order valence-corrected chi connectivity index (χ1v) is 10.1. The second-order valence-electron chi connectivity index (χ2n) is 7.57. The second-order valence-corrected chi connectivity index (χ2v) is 7.57. The molecule has 1 aliphatic rings. The first kappa shape index (κ1) is 23.2. The summed E-state index contributed by atoms with van der Waals surface area (Å²) in [5, 5.41) is 14.8. The number of amides is 2. The summed E-state index contributed by atoms with van der Waals surface area (Å²) in [5.74, 6) is -0.501. The van der Waals surface area contributed by atoms with Gasteiger partial charge in [0.2, 0.25) is 5.91 Å². The highest BCUT2D eigenvalue weighted by atomic mass is 16.5. The van der Waals surface area contributed by atoms with Gasteiger partial charge in [-0.1, -0.05) is 30.3 Å². The van der Waals surface area contributed by atoms with Gasteiger partial charge >= 0.3 is 11.8 Å². The number of hydrogen-bond acceptors (Lipinski definition) is 7. The van der Waals surface area contributed by atoms with E-state index < -0.39 is 47.7 Å². The van der Waals surface area contributed by atoms with Gasteiger partial charge in [0.15, 0.2) is 0 Å². The molecule has 2 amide bonds. The van der Waals surface area contributed by atoms with Crippen LogP contribution in [0.3, 0.4) is 0 Å². The van der Waals surface area contributed by atoms with E-state index in [9.17, 15) is 24.3 Å². The third-order valence-electron chi connectivity index (χ3n) is 5.14. The predicted octanol–water partition coefficient (Wildman–Crippen LogP) is -0.0755. The molecule has 0 radical (unpaired) electrons. The normalized spacial score (nSPS) is 21.0. The average molecular weight is 446 g/mol. The van der Waals surface area contributed by atoms with Crippen LogP contribution in [0.25, 0.3) is 0 Å². The first-order chi connectivity index (χ1) is 15.3. The highest BCUT2D eigenvalue weighted by Crippen LogP contribution is 2.27. The van der Waals surface area contributed by atoms with Crippen molar-refractivity contribution in [2.45, 2.75) is 51.3 Å². The molecule has 3 rings (SSSR count). The molecule has 1 fully saturated rings. The molecular weight excluding hydrogens is 420 g/mol. The van der Waals surface area contributed by atoms with E-state index in [2.05, 4.69) is 15.6 Å². The summed E-state index contributed by atoms with van der Waals surface area (Å²) in [7, 11) is 0. The van der Waals surface area contributed by atoms with E-state index >= 15 is 0 Å². The Hall–Kier alpha value is -3.44. The van der Waals surface area contributed by atoms with Gasteiger partial charge in [0.1, 0.15) is 25.0 Å². The van der Waals surface area contributed by atoms with Crippen LogP contribution in [-0.4, -0.2) is 51.5 Å². The Kier molecular flexibility index (Phi) is 7.44. The summed E-state index contributed by atoms with van der Waals surface area (Å²) in [6.07, 6.45) is -0.726. The van der Waals surface area contributed by atoms with Crippen LogP contribution in [0.2, 0.25) is 0 Å². The van der Waals surface area contributed by atoms with E-state index in [1.807, 2.05) is 30.3 Å². The number of aryl methyl sites for hydroxylation is 1. The Bertz CT molecular complexity index is 1070. The summed E-state index contributed by atoms with van der Waals surface area (Å²) < 4.78 is 12.0. The summed E-state index contributed by atoms with van der Waals surface area (Å²) >= 11 is 0. The van der Waals surface area contributed by atoms with Crippen LogP contribution in [0.1, 0.15) is 30.7 Å². The molecule has 11 nitrogen and oxygen atoms in total. The van der Waals surface area contributed by atoms with Crippen molar-refractivity contribution in [3.05, 3.63) is 68.5 Å². The minimum atomic E-state index is -0.908. The molecule has 0 spiro atoms. The topological polar surface area (TPSA) is 152 Å². The average Bonchev–Trinajstić information content (AvgIpc) is 3.18. The fraction of sp³-hybridized carbons (Fsp3) is 0.429. The number of aromatic amines is 1. The number of ether oxygens (including phenoxy) is 2. The molecule has 4 N–H and O–H groups in total. The maximum Gasteiger partial charge on any atom is 0.408 e. The van der Waals surface area contributed by atoms with E-state index in [1.54, 1.807) is 6.92 Å². The molecule has 2 aromatic rings. The van der Waals surface area contributed by atoms with Gasteiger partial charge in [0, 0.05) is 18.2 Å². The van der Waals surface area contributed by atoms with Crippen LogP contribution < -0.4 is 21.9 Å². The zero-order chi connectivity index (χ0) is 23.3. The number of nitrogens with zero attached hydrogens (tertiary/aromatic N) is 1. The van der Waals surface area contributed by atoms with Gasteiger partial charge in [-0.15, -0.1) is 0 Å². The van der Waals surface area contributed by atoms with Gasteiger partial charge < -0.3 is 25.2 Å². The lowest BCUT2D eigenvalue weighted by molar-refractivity contribution is -0.124. The molecule has 32 heavy (non-hydrogen) atoms. The lowest BCUT2D eigenvalue weighted by Crippen LogP contribution is -2.50. The number of carbonyl (C=O) groups is 2. The van der Waals surface area contributed by atoms with E-state index in [4.69, 9.17) is 9.47 Å². The standard InChI is InChI=1S/C21H26N4O7/c1-12-9-25(20(29)24-18(12)27)17-8-15(16(10-26)32-17)23-19(28)13(2)22-21(30)31-11-14-6-4-3-5-7-14/h3-7,9,13,15-17,26H,8,10-11H2,1-2H3,(H,22,30)(H,23,28)(H,24,27,29)/t13-,15+,16-,17-/m1/s1. The van der Waals surface area contributed by atoms with Crippen molar-refractivity contribution in [1.29, 1.82) is 0 Å². The van der Waals surface area contributed by atoms with Crippen molar-refractivity contribution in [3.8, 4) is 0 Å². The fourth-order valence-electron chi connectivity index (χ4n) is 3.34. The molecule has 0 unspecified atom stereocenters. The molecule has 1 aromatic heterocycles. The Morgan fingerprint density at radius 1 is 1.31 bits per heavy atom. The number of H-pyrrole nitrogens is 1. The van der Waals surface area contributed by atoms with Crippen molar-refractivity contribution in [2.75, 3.05) is 6.61 Å². The van der Waals surface area contributed by atoms with Crippen molar-refractivity contribution in [1.82, 2.24) is 20.2 Å². The molecule has 1 saturated heterocycles. The SMILES string of the molecule is Cc1cn([C@H]2C[C@H](NC(=O)[C@@H](C)NC(=O)OCc3ccccc3)[C@@H](CO)O2)c(=O)[nH]c1=O. The van der Waals surface area contributed by atoms with Crippen molar-refractivity contribution >= 4 is 12.0 Å². The molecule has 1 aromatic carbocycles. The van der Waals surface area contributed by atoms with Crippen LogP contribution in [-0.2, 0) is 20.9 Å². The van der Waals surface area contributed by atoms with Crippen molar-refractivity contribution < 1.29 is 24.2 Å². The molecule has 4 atom stereocenters. The van der Waals surface area contributed by atoms with E-state index in [1.165, 1.54) is 17.7 Å². The van der Waals surface area contributed by atoms with E-state index in [0.717, 1.165) is 5.56 Å². The van der Waals surface area contributed by atoms with Gasteiger partial charge in [0.05, 0.1) is 12.6 Å². The third kappa shape index (κ3) is 5.62. The lowest BCUT2D eigenvalue weighted by atomic mass is 10.1. The number of aliphatic hydroxyl groups is 1. The highest BCUT2D eigenvalue weighted by molar-refractivity contribution is 5.85. The monoisotopic (exact) mass is 446 g/mol. The fourth-order valence-corrected chi connectivity index (χ4v) is 3.34. The Morgan fingerprint density at radius 3 is 2.72 bits per heavy atom. The van der Waals surface area contributed by atoms with Gasteiger partial charge in [-0.25, -0.2) is 9.59 Å². The largest absolute Gasteiger partial charge is 0.445 e. The third-order valence-corrected chi connectivity index (χ3v) is 5.14. The number of nitrogens with one attached hydrogen (secondary N) is 3. The number of benzene rings is 1. The minimum absolute atomic E-state index is 0.0685. The van der Waals surface area contributed by atoms with Crippen LogP contribution in [0.4, 0.5) is 4.79 Å². The summed E-state index contributed by atoms with van der Waals surface area (Å²) in [4.78, 5) is 50.4. The highest BCUT2D eigenvalue weighted by Gasteiger charge is 2.38. The number of hydrogen-bond donors (Lipinski definition) is 4. The van der Waals surface area contributed by atoms with Crippen molar-refractivity contribution in [2.24, 2.45) is 0 Å². The maximum absolute atomic E-state index is 12.5. The number of aliphatic hydroxyl groups excluding tert-OH is 1. The number of carbonyl (C=O) groups excluding carboxylic acids is 2. The Labute approximate surface area is 183 Å². The Balaban J connectivity index is 1.56. The van der Waals surface area contributed by atoms with Crippen LogP contribution >= 0.6 is 0 Å². The van der Waals surface area contributed by atoms with E-state index in [0.29, 0.717) is 5.56 Å². The van der Waals surface area contributed by atoms with Gasteiger partial charge in [0.25, 0.3) is 5.56 Å². The number of aromatic nitrogens is 2. The molecular formula is C21H26N4O7. The molecule has 172 valence electrons. The van der Waals surface area contributed by atoms with Crippen LogP contribution in [0, 0.1) is 6.92 Å². The summed E-state index contributed by atoms with van der Waals surface area (Å²) in [5.41, 5.74) is -0.00202. The second kappa shape index (κ2) is 10.2. The summed E-state index contributed by atoms with van der Waals surface area (Å²) in [6, 6.07) is 7.60. The summed E-state index contributed by atoms with van der Waals surface area (Å²) in [6.45, 7) is 2.73. The molecule has 0 saturated carbocycles. The molecule has 0 bridgehead atoms. The van der Waals surface area contributed by atoms with E-state index in [-0.39, 0.29) is 19.6 Å². The number of rotatable bonds is 7. The first-order valence-electron chi connectivity index (χ1n) is 10.1. The quantitative estimate of drug-likeness (QED) is 0.464. The number of alkyl carbamates (subject to hydrolysis) is 1. The van der Waals surface area contributed by atoms with Crippen LogP contribution in [0.15, 0.2) is 46.1 Å². The van der Waals surface area contributed by atoms with Gasteiger partial charge in [-0.05, 0) is 19.4 Å². The smallest absolute Gasteiger partial charge is 0.408 e. The lowest BCUT2D eigenvalue weighted by Gasteiger charge is -2.20. The Morgan fingerprint density at radius 2 is 2.03 bits per heavy atom.